The molecule has 0 atom stereocenters. The predicted octanol–water partition coefficient (Wildman–Crippen LogP) is 4.06. The zero-order valence-corrected chi connectivity index (χ0v) is 12.7. The zero-order chi connectivity index (χ0) is 13.9. The summed E-state index contributed by atoms with van der Waals surface area (Å²) in [6, 6.07) is 7.03. The summed E-state index contributed by atoms with van der Waals surface area (Å²) in [7, 11) is 0. The van der Waals surface area contributed by atoms with Crippen LogP contribution in [-0.4, -0.2) is 23.1 Å². The van der Waals surface area contributed by atoms with E-state index in [9.17, 15) is 0 Å². The molecule has 3 heteroatoms. The maximum absolute atomic E-state index is 4.79. The number of hydrogen-bond acceptors (Lipinski definition) is 3. The van der Waals surface area contributed by atoms with Crippen LogP contribution in [0.15, 0.2) is 18.2 Å². The molecule has 0 amide bonds. The largest absolute Gasteiger partial charge is 0.365 e. The normalized spacial score (nSPS) is 15.4. The highest BCUT2D eigenvalue weighted by atomic mass is 15.2. The predicted molar refractivity (Wildman–Crippen MR) is 82.9 cm³/mol. The van der Waals surface area contributed by atoms with Gasteiger partial charge in [0.1, 0.15) is 11.6 Å². The van der Waals surface area contributed by atoms with E-state index < -0.39 is 0 Å². The molecule has 1 heterocycles. The minimum atomic E-state index is 0.0550. The Morgan fingerprint density at radius 3 is 2.63 bits per heavy atom. The van der Waals surface area contributed by atoms with Gasteiger partial charge in [-0.3, -0.25) is 0 Å². The lowest BCUT2D eigenvalue weighted by atomic mass is 10.1. The van der Waals surface area contributed by atoms with Gasteiger partial charge in [-0.25, -0.2) is 4.98 Å². The van der Waals surface area contributed by atoms with Gasteiger partial charge in [0, 0.05) is 18.1 Å². The maximum Gasteiger partial charge on any atom is 0.131 e. The Hall–Kier alpha value is -1.25. The minimum absolute atomic E-state index is 0.0550. The average Bonchev–Trinajstić information content (AvgIpc) is 3.12. The van der Waals surface area contributed by atoms with Crippen molar-refractivity contribution in [2.75, 3.05) is 16.8 Å². The second kappa shape index (κ2) is 5.81. The fraction of sp³-hybridized carbons (Fsp3) is 0.688. The van der Waals surface area contributed by atoms with Crippen molar-refractivity contribution in [1.29, 1.82) is 0 Å². The van der Waals surface area contributed by atoms with E-state index in [2.05, 4.69) is 56.1 Å². The molecule has 0 spiro atoms. The van der Waals surface area contributed by atoms with Crippen LogP contribution in [0.4, 0.5) is 11.6 Å². The van der Waals surface area contributed by atoms with Crippen molar-refractivity contribution in [3.05, 3.63) is 18.2 Å². The van der Waals surface area contributed by atoms with Gasteiger partial charge >= 0.3 is 0 Å². The van der Waals surface area contributed by atoms with Crippen molar-refractivity contribution < 1.29 is 0 Å². The summed E-state index contributed by atoms with van der Waals surface area (Å²) < 4.78 is 0. The third-order valence-electron chi connectivity index (χ3n) is 3.27. The minimum Gasteiger partial charge on any atom is -0.365 e. The second-order valence-electron chi connectivity index (χ2n) is 6.53. The van der Waals surface area contributed by atoms with Gasteiger partial charge in [-0.1, -0.05) is 19.4 Å². The average molecular weight is 261 g/mol. The van der Waals surface area contributed by atoms with E-state index in [-0.39, 0.29) is 5.54 Å². The summed E-state index contributed by atoms with van der Waals surface area (Å²) in [6.45, 7) is 9.87. The highest BCUT2D eigenvalue weighted by molar-refractivity contribution is 5.49. The summed E-state index contributed by atoms with van der Waals surface area (Å²) in [6.07, 6.45) is 5.13. The van der Waals surface area contributed by atoms with Crippen LogP contribution in [0.3, 0.4) is 0 Å². The lowest BCUT2D eigenvalue weighted by Crippen LogP contribution is -2.29. The van der Waals surface area contributed by atoms with Crippen molar-refractivity contribution in [1.82, 2.24) is 4.98 Å². The van der Waals surface area contributed by atoms with Crippen LogP contribution in [0.5, 0.6) is 0 Å². The van der Waals surface area contributed by atoms with Crippen molar-refractivity contribution in [2.45, 2.75) is 65.0 Å². The summed E-state index contributed by atoms with van der Waals surface area (Å²) in [4.78, 5) is 7.27. The fourth-order valence-corrected chi connectivity index (χ4v) is 2.24. The summed E-state index contributed by atoms with van der Waals surface area (Å²) in [5, 5.41) is 3.45. The molecule has 0 aliphatic heterocycles. The molecule has 1 aromatic rings. The monoisotopic (exact) mass is 261 g/mol. The summed E-state index contributed by atoms with van der Waals surface area (Å²) in [5.41, 5.74) is 0.0550. The Kier molecular flexibility index (Phi) is 4.33. The highest BCUT2D eigenvalue weighted by Gasteiger charge is 2.29. The van der Waals surface area contributed by atoms with E-state index in [0.29, 0.717) is 0 Å². The van der Waals surface area contributed by atoms with Gasteiger partial charge in [0.05, 0.1) is 0 Å². The number of anilines is 2. The molecule has 0 aromatic carbocycles. The van der Waals surface area contributed by atoms with E-state index >= 15 is 0 Å². The van der Waals surface area contributed by atoms with E-state index in [1.807, 2.05) is 0 Å². The van der Waals surface area contributed by atoms with Gasteiger partial charge in [0.2, 0.25) is 0 Å². The first kappa shape index (κ1) is 14.2. The quantitative estimate of drug-likeness (QED) is 0.837. The van der Waals surface area contributed by atoms with Gasteiger partial charge in [0.15, 0.2) is 0 Å². The van der Waals surface area contributed by atoms with Crippen LogP contribution in [0.1, 0.15) is 53.4 Å². The molecule has 1 aromatic heterocycles. The standard InChI is InChI=1S/C16H27N3/c1-5-6-12-19(13-10-11-13)15-9-7-8-14(17-15)18-16(2,3)4/h7-9,13H,5-6,10-12H2,1-4H3,(H,17,18). The lowest BCUT2D eigenvalue weighted by molar-refractivity contribution is 0.629. The molecule has 0 saturated heterocycles. The first-order valence-electron chi connectivity index (χ1n) is 7.51. The molecule has 19 heavy (non-hydrogen) atoms. The Morgan fingerprint density at radius 1 is 1.32 bits per heavy atom. The molecule has 1 N–H and O–H groups in total. The Balaban J connectivity index is 2.11. The molecule has 1 fully saturated rings. The molecule has 3 nitrogen and oxygen atoms in total. The summed E-state index contributed by atoms with van der Waals surface area (Å²) >= 11 is 0. The van der Waals surface area contributed by atoms with E-state index in [0.717, 1.165) is 24.2 Å². The Labute approximate surface area is 117 Å². The van der Waals surface area contributed by atoms with Crippen molar-refractivity contribution >= 4 is 11.6 Å². The number of rotatable bonds is 6. The zero-order valence-electron chi connectivity index (χ0n) is 12.7. The number of nitrogens with one attached hydrogen (secondary N) is 1. The number of pyridine rings is 1. The van der Waals surface area contributed by atoms with Gasteiger partial charge in [-0.2, -0.15) is 0 Å². The van der Waals surface area contributed by atoms with Gasteiger partial charge in [0.25, 0.3) is 0 Å². The lowest BCUT2D eigenvalue weighted by Gasteiger charge is -2.26. The second-order valence-corrected chi connectivity index (χ2v) is 6.53. The molecule has 0 bridgehead atoms. The smallest absolute Gasteiger partial charge is 0.131 e. The number of unbranched alkanes of at least 4 members (excludes halogenated alkanes) is 1. The fourth-order valence-electron chi connectivity index (χ4n) is 2.24. The maximum atomic E-state index is 4.79. The van der Waals surface area contributed by atoms with E-state index in [1.54, 1.807) is 0 Å². The molecule has 2 rings (SSSR count). The Bertz CT molecular complexity index is 405. The first-order valence-corrected chi connectivity index (χ1v) is 7.51. The molecule has 1 saturated carbocycles. The molecule has 0 radical (unpaired) electrons. The molecular weight excluding hydrogens is 234 g/mol. The molecular formula is C16H27N3. The van der Waals surface area contributed by atoms with Crippen molar-refractivity contribution in [3.8, 4) is 0 Å². The van der Waals surface area contributed by atoms with Gasteiger partial charge in [-0.05, 0) is 52.2 Å². The highest BCUT2D eigenvalue weighted by Crippen LogP contribution is 2.31. The Morgan fingerprint density at radius 2 is 2.05 bits per heavy atom. The number of aromatic nitrogens is 1. The van der Waals surface area contributed by atoms with Gasteiger partial charge < -0.3 is 10.2 Å². The van der Waals surface area contributed by atoms with Crippen LogP contribution >= 0.6 is 0 Å². The number of nitrogens with zero attached hydrogens (tertiary/aromatic N) is 2. The molecule has 1 aliphatic carbocycles. The van der Waals surface area contributed by atoms with Crippen LogP contribution in [-0.2, 0) is 0 Å². The van der Waals surface area contributed by atoms with E-state index in [1.165, 1.54) is 25.7 Å². The molecule has 106 valence electrons. The van der Waals surface area contributed by atoms with Crippen molar-refractivity contribution in [2.24, 2.45) is 0 Å². The topological polar surface area (TPSA) is 28.2 Å². The third kappa shape index (κ3) is 4.41. The van der Waals surface area contributed by atoms with Crippen LogP contribution in [0.25, 0.3) is 0 Å². The van der Waals surface area contributed by atoms with Crippen molar-refractivity contribution in [3.63, 3.8) is 0 Å². The molecule has 0 unspecified atom stereocenters. The van der Waals surface area contributed by atoms with Gasteiger partial charge in [-0.15, -0.1) is 0 Å². The first-order chi connectivity index (χ1) is 8.99. The van der Waals surface area contributed by atoms with E-state index in [4.69, 9.17) is 4.98 Å². The van der Waals surface area contributed by atoms with Crippen LogP contribution in [0.2, 0.25) is 0 Å². The van der Waals surface area contributed by atoms with Crippen LogP contribution < -0.4 is 10.2 Å². The number of hydrogen-bond donors (Lipinski definition) is 1. The third-order valence-corrected chi connectivity index (χ3v) is 3.27. The SMILES string of the molecule is CCCCN(c1cccc(NC(C)(C)C)n1)C1CC1. The van der Waals surface area contributed by atoms with Crippen LogP contribution in [0, 0.1) is 0 Å². The summed E-state index contributed by atoms with van der Waals surface area (Å²) in [5.74, 6) is 2.11. The molecule has 1 aliphatic rings.